The van der Waals surface area contributed by atoms with E-state index in [9.17, 15) is 4.79 Å². The maximum absolute atomic E-state index is 12.1. The third-order valence-electron chi connectivity index (χ3n) is 5.05. The lowest BCUT2D eigenvalue weighted by Gasteiger charge is -2.34. The topological polar surface area (TPSA) is 29.1 Å². The van der Waals surface area contributed by atoms with Crippen LogP contribution >= 0.6 is 11.8 Å². The molecule has 1 amide bonds. The Labute approximate surface area is 139 Å². The second kappa shape index (κ2) is 8.61. The standard InChI is InChI=1S/C19H29NOS/c1-14-8-6-10-18(16(14)3)20-19(21)11-12-22-13-17-9-5-4-7-15(17)2/h4-5,7,9,14,16,18H,6,8,10-13H2,1-3H3,(H,20,21)/t14-,16+,18-/m1/s1. The SMILES string of the molecule is Cc1ccccc1CSCCC(=O)N[C@@H]1CCC[C@@H](C)[C@@H]1C. The summed E-state index contributed by atoms with van der Waals surface area (Å²) in [5.41, 5.74) is 2.71. The molecule has 1 saturated carbocycles. The van der Waals surface area contributed by atoms with E-state index in [1.807, 2.05) is 11.8 Å². The van der Waals surface area contributed by atoms with E-state index in [4.69, 9.17) is 0 Å². The normalized spacial score (nSPS) is 25.0. The molecule has 1 aliphatic carbocycles. The van der Waals surface area contributed by atoms with Crippen LogP contribution in [-0.4, -0.2) is 17.7 Å². The van der Waals surface area contributed by atoms with Crippen molar-refractivity contribution in [2.45, 2.75) is 58.2 Å². The van der Waals surface area contributed by atoms with E-state index in [2.05, 4.69) is 50.4 Å². The highest BCUT2D eigenvalue weighted by molar-refractivity contribution is 7.98. The average Bonchev–Trinajstić information content (AvgIpc) is 2.50. The fourth-order valence-corrected chi connectivity index (χ4v) is 4.20. The summed E-state index contributed by atoms with van der Waals surface area (Å²) >= 11 is 1.85. The van der Waals surface area contributed by atoms with Gasteiger partial charge in [0.1, 0.15) is 0 Å². The number of carbonyl (C=O) groups is 1. The molecule has 22 heavy (non-hydrogen) atoms. The molecule has 1 aromatic rings. The van der Waals surface area contributed by atoms with Crippen LogP contribution < -0.4 is 5.32 Å². The summed E-state index contributed by atoms with van der Waals surface area (Å²) in [4.78, 5) is 12.1. The molecule has 0 aromatic heterocycles. The maximum atomic E-state index is 12.1. The van der Waals surface area contributed by atoms with Crippen molar-refractivity contribution in [3.05, 3.63) is 35.4 Å². The summed E-state index contributed by atoms with van der Waals surface area (Å²) in [6.45, 7) is 6.73. The lowest BCUT2D eigenvalue weighted by molar-refractivity contribution is -0.122. The fraction of sp³-hybridized carbons (Fsp3) is 0.632. The van der Waals surface area contributed by atoms with Crippen LogP contribution in [0.15, 0.2) is 24.3 Å². The maximum Gasteiger partial charge on any atom is 0.221 e. The Morgan fingerprint density at radius 2 is 2.05 bits per heavy atom. The highest BCUT2D eigenvalue weighted by Gasteiger charge is 2.27. The van der Waals surface area contributed by atoms with Gasteiger partial charge < -0.3 is 5.32 Å². The highest BCUT2D eigenvalue weighted by atomic mass is 32.2. The first-order chi connectivity index (χ1) is 10.6. The van der Waals surface area contributed by atoms with Gasteiger partial charge in [0.15, 0.2) is 0 Å². The van der Waals surface area contributed by atoms with E-state index in [1.165, 1.54) is 24.0 Å². The quantitative estimate of drug-likeness (QED) is 0.779. The monoisotopic (exact) mass is 319 g/mol. The van der Waals surface area contributed by atoms with E-state index in [1.54, 1.807) is 0 Å². The first kappa shape index (κ1) is 17.4. The molecule has 2 nitrogen and oxygen atoms in total. The lowest BCUT2D eigenvalue weighted by Crippen LogP contribution is -2.43. The van der Waals surface area contributed by atoms with Crippen molar-refractivity contribution in [2.24, 2.45) is 11.8 Å². The molecule has 0 heterocycles. The van der Waals surface area contributed by atoms with Gasteiger partial charge in [-0.1, -0.05) is 51.0 Å². The van der Waals surface area contributed by atoms with Crippen molar-refractivity contribution in [1.82, 2.24) is 5.32 Å². The molecule has 1 aromatic carbocycles. The number of rotatable bonds is 6. The van der Waals surface area contributed by atoms with Gasteiger partial charge in [0, 0.05) is 24.0 Å². The Morgan fingerprint density at radius 1 is 1.27 bits per heavy atom. The third-order valence-corrected chi connectivity index (χ3v) is 6.05. The Kier molecular flexibility index (Phi) is 6.81. The Bertz CT molecular complexity index is 488. The lowest BCUT2D eigenvalue weighted by atomic mass is 9.78. The van der Waals surface area contributed by atoms with Gasteiger partial charge in [0.25, 0.3) is 0 Å². The van der Waals surface area contributed by atoms with Crippen molar-refractivity contribution in [3.8, 4) is 0 Å². The number of thioether (sulfide) groups is 1. The van der Waals surface area contributed by atoms with E-state index < -0.39 is 0 Å². The predicted molar refractivity (Wildman–Crippen MR) is 96.1 cm³/mol. The molecule has 3 atom stereocenters. The fourth-order valence-electron chi connectivity index (χ4n) is 3.18. The summed E-state index contributed by atoms with van der Waals surface area (Å²) in [5, 5.41) is 3.26. The van der Waals surface area contributed by atoms with Gasteiger partial charge >= 0.3 is 0 Å². The van der Waals surface area contributed by atoms with Crippen LogP contribution in [0.2, 0.25) is 0 Å². The van der Waals surface area contributed by atoms with Crippen molar-refractivity contribution in [1.29, 1.82) is 0 Å². The molecule has 1 fully saturated rings. The van der Waals surface area contributed by atoms with Gasteiger partial charge in [-0.2, -0.15) is 11.8 Å². The molecule has 0 bridgehead atoms. The second-order valence-electron chi connectivity index (χ2n) is 6.67. The number of aryl methyl sites for hydroxylation is 1. The second-order valence-corrected chi connectivity index (χ2v) is 7.78. The number of hydrogen-bond acceptors (Lipinski definition) is 2. The minimum absolute atomic E-state index is 0.225. The van der Waals surface area contributed by atoms with E-state index >= 15 is 0 Å². The number of hydrogen-bond donors (Lipinski definition) is 1. The molecule has 2 rings (SSSR count). The smallest absolute Gasteiger partial charge is 0.221 e. The van der Waals surface area contributed by atoms with Gasteiger partial charge in [-0.3, -0.25) is 4.79 Å². The summed E-state index contributed by atoms with van der Waals surface area (Å²) in [7, 11) is 0. The Morgan fingerprint density at radius 3 is 2.82 bits per heavy atom. The molecule has 0 radical (unpaired) electrons. The zero-order chi connectivity index (χ0) is 15.9. The van der Waals surface area contributed by atoms with Gasteiger partial charge in [-0.05, 0) is 36.3 Å². The van der Waals surface area contributed by atoms with Crippen LogP contribution in [0, 0.1) is 18.8 Å². The van der Waals surface area contributed by atoms with Gasteiger partial charge in [-0.15, -0.1) is 0 Å². The summed E-state index contributed by atoms with van der Waals surface area (Å²) in [6.07, 6.45) is 4.33. The molecule has 0 aliphatic heterocycles. The van der Waals surface area contributed by atoms with E-state index in [-0.39, 0.29) is 5.91 Å². The average molecular weight is 320 g/mol. The van der Waals surface area contributed by atoms with Crippen LogP contribution in [0.5, 0.6) is 0 Å². The minimum Gasteiger partial charge on any atom is -0.353 e. The van der Waals surface area contributed by atoms with Crippen LogP contribution in [0.4, 0.5) is 0 Å². The largest absolute Gasteiger partial charge is 0.353 e. The van der Waals surface area contributed by atoms with Crippen LogP contribution in [0.3, 0.4) is 0 Å². The van der Waals surface area contributed by atoms with E-state index in [0.717, 1.165) is 23.8 Å². The molecular formula is C19H29NOS. The van der Waals surface area contributed by atoms with Crippen molar-refractivity contribution in [3.63, 3.8) is 0 Å². The third kappa shape index (κ3) is 5.05. The van der Waals surface area contributed by atoms with Crippen LogP contribution in [0.1, 0.15) is 50.7 Å². The van der Waals surface area contributed by atoms with Gasteiger partial charge in [0.2, 0.25) is 5.91 Å². The molecule has 122 valence electrons. The molecule has 1 aliphatic rings. The zero-order valence-electron chi connectivity index (χ0n) is 14.1. The number of nitrogens with one attached hydrogen (secondary N) is 1. The molecule has 0 saturated heterocycles. The zero-order valence-corrected chi connectivity index (χ0v) is 14.9. The summed E-state index contributed by atoms with van der Waals surface area (Å²) < 4.78 is 0. The molecule has 3 heteroatoms. The number of carbonyl (C=O) groups excluding carboxylic acids is 1. The highest BCUT2D eigenvalue weighted by Crippen LogP contribution is 2.29. The molecule has 1 N–H and O–H groups in total. The van der Waals surface area contributed by atoms with Gasteiger partial charge in [-0.25, -0.2) is 0 Å². The molecular weight excluding hydrogens is 290 g/mol. The van der Waals surface area contributed by atoms with Crippen molar-refractivity contribution >= 4 is 17.7 Å². The molecule has 0 spiro atoms. The Hall–Kier alpha value is -0.960. The number of benzene rings is 1. The summed E-state index contributed by atoms with van der Waals surface area (Å²) in [5.74, 6) is 3.46. The predicted octanol–water partition coefficient (Wildman–Crippen LogP) is 4.56. The number of amides is 1. The summed E-state index contributed by atoms with van der Waals surface area (Å²) in [6, 6.07) is 8.87. The van der Waals surface area contributed by atoms with Gasteiger partial charge in [0.05, 0.1) is 0 Å². The first-order valence-electron chi connectivity index (χ1n) is 8.49. The molecule has 0 unspecified atom stereocenters. The Balaban J connectivity index is 1.67. The van der Waals surface area contributed by atoms with Crippen molar-refractivity contribution in [2.75, 3.05) is 5.75 Å². The minimum atomic E-state index is 0.225. The van der Waals surface area contributed by atoms with E-state index in [0.29, 0.717) is 18.4 Å². The van der Waals surface area contributed by atoms with Crippen molar-refractivity contribution < 1.29 is 4.79 Å². The van der Waals surface area contributed by atoms with Crippen LogP contribution in [-0.2, 0) is 10.5 Å². The van der Waals surface area contributed by atoms with Crippen LogP contribution in [0.25, 0.3) is 0 Å². The first-order valence-corrected chi connectivity index (χ1v) is 9.65.